The highest BCUT2D eigenvalue weighted by molar-refractivity contribution is 7.09. The third-order valence-corrected chi connectivity index (χ3v) is 5.57. The van der Waals surface area contributed by atoms with Gasteiger partial charge in [0.2, 0.25) is 5.91 Å². The summed E-state index contributed by atoms with van der Waals surface area (Å²) in [5.74, 6) is 0.0882. The average Bonchev–Trinajstić information content (AvgIpc) is 3.06. The number of amides is 1. The van der Waals surface area contributed by atoms with Gasteiger partial charge in [-0.2, -0.15) is 0 Å². The molecule has 2 aliphatic rings. The molecule has 0 unspecified atom stereocenters. The summed E-state index contributed by atoms with van der Waals surface area (Å²) in [6, 6.07) is 0.171. The molecule has 3 rings (SSSR count). The van der Waals surface area contributed by atoms with Crippen LogP contribution < -0.4 is 0 Å². The normalized spacial score (nSPS) is 31.0. The van der Waals surface area contributed by atoms with Gasteiger partial charge < -0.3 is 19.5 Å². The minimum atomic E-state index is -0.506. The number of carbonyl (C=O) groups excluding carboxylic acids is 1. The molecule has 2 saturated heterocycles. The first kappa shape index (κ1) is 18.7. The van der Waals surface area contributed by atoms with Crippen LogP contribution in [0.5, 0.6) is 0 Å². The third kappa shape index (κ3) is 4.98. The van der Waals surface area contributed by atoms with Gasteiger partial charge in [0.25, 0.3) is 0 Å². The van der Waals surface area contributed by atoms with Crippen molar-refractivity contribution in [2.75, 3.05) is 33.9 Å². The van der Waals surface area contributed by atoms with Gasteiger partial charge in [-0.3, -0.25) is 9.69 Å². The van der Waals surface area contributed by atoms with Crippen molar-refractivity contribution < 1.29 is 19.4 Å². The highest BCUT2D eigenvalue weighted by atomic mass is 32.1. The lowest BCUT2D eigenvalue weighted by molar-refractivity contribution is -0.160. The van der Waals surface area contributed by atoms with Gasteiger partial charge >= 0.3 is 0 Å². The molecular weight excluding hydrogens is 342 g/mol. The molecular formula is C17H27N3O4S. The van der Waals surface area contributed by atoms with Crippen molar-refractivity contribution in [3.8, 4) is 0 Å². The zero-order valence-corrected chi connectivity index (χ0v) is 15.7. The summed E-state index contributed by atoms with van der Waals surface area (Å²) in [7, 11) is 3.54. The molecule has 0 bridgehead atoms. The Morgan fingerprint density at radius 1 is 1.44 bits per heavy atom. The van der Waals surface area contributed by atoms with Crippen LogP contribution >= 0.6 is 11.3 Å². The largest absolute Gasteiger partial charge is 0.389 e. The fraction of sp³-hybridized carbons (Fsp3) is 0.765. The molecule has 0 aliphatic carbocycles. The Kier molecular flexibility index (Phi) is 6.40. The van der Waals surface area contributed by atoms with Crippen molar-refractivity contribution >= 4 is 17.2 Å². The van der Waals surface area contributed by atoms with Crippen molar-refractivity contribution in [2.24, 2.45) is 0 Å². The van der Waals surface area contributed by atoms with E-state index in [1.165, 1.54) is 0 Å². The Morgan fingerprint density at radius 2 is 2.28 bits per heavy atom. The molecule has 2 aliphatic heterocycles. The molecule has 0 aromatic carbocycles. The summed E-state index contributed by atoms with van der Waals surface area (Å²) >= 11 is 1.62. The Bertz CT molecular complexity index is 554. The van der Waals surface area contributed by atoms with E-state index in [0.717, 1.165) is 17.8 Å². The van der Waals surface area contributed by atoms with E-state index in [-0.39, 0.29) is 24.2 Å². The summed E-state index contributed by atoms with van der Waals surface area (Å²) in [5.41, 5.74) is 0. The van der Waals surface area contributed by atoms with Gasteiger partial charge in [0.05, 0.1) is 44.5 Å². The molecule has 7 nitrogen and oxygen atoms in total. The molecule has 1 aromatic rings. The minimum absolute atomic E-state index is 0.0641. The van der Waals surface area contributed by atoms with Crippen molar-refractivity contribution in [1.82, 2.24) is 14.8 Å². The first-order valence-corrected chi connectivity index (χ1v) is 9.64. The Hall–Kier alpha value is -1.06. The molecule has 0 spiro atoms. The SMILES string of the molecule is CN(C)C(=O)C[C@@H]1CC[C@H]2[C@@H](COC[C@@H](O)CN2Cc2nccs2)O1. The molecule has 3 heterocycles. The fourth-order valence-corrected chi connectivity index (χ4v) is 4.15. The summed E-state index contributed by atoms with van der Waals surface area (Å²) in [5, 5.41) is 13.2. The van der Waals surface area contributed by atoms with Gasteiger partial charge in [-0.1, -0.05) is 0 Å². The molecule has 1 amide bonds. The lowest BCUT2D eigenvalue weighted by Gasteiger charge is -2.44. The van der Waals surface area contributed by atoms with E-state index < -0.39 is 6.10 Å². The first-order chi connectivity index (χ1) is 12.0. The van der Waals surface area contributed by atoms with Crippen LogP contribution in [0.3, 0.4) is 0 Å². The molecule has 1 N–H and O–H groups in total. The number of nitrogens with zero attached hydrogens (tertiary/aromatic N) is 3. The maximum Gasteiger partial charge on any atom is 0.224 e. The standard InChI is InChI=1S/C17H27N3O4S/c1-19(2)17(22)7-13-3-4-14-15(24-13)11-23-10-12(21)8-20(14)9-16-18-5-6-25-16/h5-6,12-15,21H,3-4,7-11H2,1-2H3/t12-,13-,14-,15+/m0/s1. The average molecular weight is 369 g/mol. The number of hydrogen-bond acceptors (Lipinski definition) is 7. The lowest BCUT2D eigenvalue weighted by Crippen LogP contribution is -2.55. The van der Waals surface area contributed by atoms with E-state index in [1.807, 2.05) is 5.38 Å². The fourth-order valence-electron chi connectivity index (χ4n) is 3.51. The van der Waals surface area contributed by atoms with E-state index in [9.17, 15) is 9.90 Å². The van der Waals surface area contributed by atoms with Crippen molar-refractivity contribution in [3.63, 3.8) is 0 Å². The first-order valence-electron chi connectivity index (χ1n) is 8.76. The number of aliphatic hydroxyl groups is 1. The number of hydrogen-bond donors (Lipinski definition) is 1. The van der Waals surface area contributed by atoms with Crippen molar-refractivity contribution in [2.45, 2.75) is 50.2 Å². The van der Waals surface area contributed by atoms with Gasteiger partial charge in [-0.15, -0.1) is 11.3 Å². The van der Waals surface area contributed by atoms with Crippen LogP contribution in [-0.2, 0) is 20.8 Å². The number of fused-ring (bicyclic) bond motifs is 1. The number of rotatable bonds is 4. The van der Waals surface area contributed by atoms with Crippen LogP contribution in [0.4, 0.5) is 0 Å². The molecule has 0 radical (unpaired) electrons. The minimum Gasteiger partial charge on any atom is -0.389 e. The second-order valence-electron chi connectivity index (χ2n) is 6.98. The second kappa shape index (κ2) is 8.55. The van der Waals surface area contributed by atoms with E-state index in [2.05, 4.69) is 9.88 Å². The zero-order chi connectivity index (χ0) is 17.8. The Labute approximate surface area is 152 Å². The quantitative estimate of drug-likeness (QED) is 0.843. The lowest BCUT2D eigenvalue weighted by atomic mass is 9.94. The maximum absolute atomic E-state index is 12.0. The number of aliphatic hydroxyl groups excluding tert-OH is 1. The third-order valence-electron chi connectivity index (χ3n) is 4.81. The molecule has 0 saturated carbocycles. The highest BCUT2D eigenvalue weighted by Crippen LogP contribution is 2.29. The van der Waals surface area contributed by atoms with Crippen molar-refractivity contribution in [1.29, 1.82) is 0 Å². The van der Waals surface area contributed by atoms with Crippen LogP contribution in [0, 0.1) is 0 Å². The summed E-state index contributed by atoms with van der Waals surface area (Å²) in [6.45, 7) is 2.01. The van der Waals surface area contributed by atoms with Gasteiger partial charge in [0.1, 0.15) is 5.01 Å². The number of thiazole rings is 1. The predicted molar refractivity (Wildman–Crippen MR) is 94.3 cm³/mol. The molecule has 2 fully saturated rings. The number of β-amino-alcohol motifs (C(OH)–C–C–N with tert-alkyl or cyclic N) is 1. The molecule has 4 atom stereocenters. The van der Waals surface area contributed by atoms with Gasteiger partial charge in [-0.05, 0) is 12.8 Å². The van der Waals surface area contributed by atoms with Crippen LogP contribution in [0.25, 0.3) is 0 Å². The highest BCUT2D eigenvalue weighted by Gasteiger charge is 2.38. The summed E-state index contributed by atoms with van der Waals surface area (Å²) in [6.07, 6.45) is 3.33. The van der Waals surface area contributed by atoms with Crippen LogP contribution in [0.15, 0.2) is 11.6 Å². The number of aromatic nitrogens is 1. The van der Waals surface area contributed by atoms with E-state index >= 15 is 0 Å². The number of ether oxygens (including phenoxy) is 2. The topological polar surface area (TPSA) is 75.1 Å². The van der Waals surface area contributed by atoms with Crippen LogP contribution in [0.1, 0.15) is 24.3 Å². The van der Waals surface area contributed by atoms with Gasteiger partial charge in [-0.25, -0.2) is 4.98 Å². The Balaban J connectivity index is 1.67. The second-order valence-corrected chi connectivity index (χ2v) is 7.96. The van der Waals surface area contributed by atoms with E-state index in [1.54, 1.807) is 36.5 Å². The van der Waals surface area contributed by atoms with Crippen LogP contribution in [-0.4, -0.2) is 84.0 Å². The van der Waals surface area contributed by atoms with Gasteiger partial charge in [0.15, 0.2) is 0 Å². The molecule has 25 heavy (non-hydrogen) atoms. The van der Waals surface area contributed by atoms with Crippen LogP contribution in [0.2, 0.25) is 0 Å². The number of carbonyl (C=O) groups is 1. The molecule has 1 aromatic heterocycles. The summed E-state index contributed by atoms with van der Waals surface area (Å²) in [4.78, 5) is 20.2. The Morgan fingerprint density at radius 3 is 3.00 bits per heavy atom. The zero-order valence-electron chi connectivity index (χ0n) is 14.8. The van der Waals surface area contributed by atoms with E-state index in [0.29, 0.717) is 32.7 Å². The summed E-state index contributed by atoms with van der Waals surface area (Å²) < 4.78 is 11.8. The van der Waals surface area contributed by atoms with E-state index in [4.69, 9.17) is 9.47 Å². The predicted octanol–water partition coefficient (Wildman–Crippen LogP) is 0.731. The smallest absolute Gasteiger partial charge is 0.224 e. The molecule has 8 heteroatoms. The molecule has 140 valence electrons. The van der Waals surface area contributed by atoms with Crippen molar-refractivity contribution in [3.05, 3.63) is 16.6 Å². The van der Waals surface area contributed by atoms with Gasteiger partial charge in [0, 0.05) is 38.3 Å². The maximum atomic E-state index is 12.0. The monoisotopic (exact) mass is 369 g/mol.